The molecule has 0 N–H and O–H groups in total. The number of benzene rings is 2. The minimum Gasteiger partial charge on any atom is -0.454 e. The molecule has 0 unspecified atom stereocenters. The first-order valence-electron chi connectivity index (χ1n) is 7.56. The van der Waals surface area contributed by atoms with Crippen LogP contribution in [-0.4, -0.2) is 23.3 Å². The average molecular weight is 339 g/mol. The maximum atomic E-state index is 12.0. The quantitative estimate of drug-likeness (QED) is 0.264. The van der Waals surface area contributed by atoms with Gasteiger partial charge in [0.2, 0.25) is 5.78 Å². The summed E-state index contributed by atoms with van der Waals surface area (Å²) < 4.78 is 4.90. The number of nitro benzene ring substituents is 1. The zero-order chi connectivity index (χ0) is 18.4. The van der Waals surface area contributed by atoms with Gasteiger partial charge in [-0.2, -0.15) is 0 Å². The van der Waals surface area contributed by atoms with E-state index in [9.17, 15) is 19.7 Å². The predicted octanol–water partition coefficient (Wildman–Crippen LogP) is 3.65. The van der Waals surface area contributed by atoms with Gasteiger partial charge in [-0.25, -0.2) is 4.79 Å². The number of aryl methyl sites for hydroxylation is 2. The van der Waals surface area contributed by atoms with Crippen LogP contribution in [0.25, 0.3) is 6.08 Å². The maximum absolute atomic E-state index is 12.0. The molecule has 2 aromatic carbocycles. The zero-order valence-electron chi connectivity index (χ0n) is 13.9. The Kier molecular flexibility index (Phi) is 5.79. The van der Waals surface area contributed by atoms with Crippen LogP contribution in [0.2, 0.25) is 0 Å². The van der Waals surface area contributed by atoms with Crippen LogP contribution in [0.5, 0.6) is 0 Å². The Balaban J connectivity index is 1.96. The summed E-state index contributed by atoms with van der Waals surface area (Å²) >= 11 is 0. The van der Waals surface area contributed by atoms with Crippen molar-refractivity contribution in [3.05, 3.63) is 80.9 Å². The molecule has 0 aliphatic rings. The third kappa shape index (κ3) is 5.10. The van der Waals surface area contributed by atoms with Crippen LogP contribution in [0.15, 0.2) is 48.5 Å². The lowest BCUT2D eigenvalue weighted by Gasteiger charge is -2.03. The number of hydrogen-bond donors (Lipinski definition) is 0. The molecular formula is C19H17NO5. The second-order valence-corrected chi connectivity index (χ2v) is 5.54. The smallest absolute Gasteiger partial charge is 0.331 e. The Hall–Kier alpha value is -3.28. The number of ether oxygens (including phenoxy) is 1. The number of rotatable bonds is 6. The first kappa shape index (κ1) is 18.1. The van der Waals surface area contributed by atoms with Gasteiger partial charge in [0.15, 0.2) is 6.61 Å². The van der Waals surface area contributed by atoms with Gasteiger partial charge in [0.25, 0.3) is 5.69 Å². The van der Waals surface area contributed by atoms with E-state index in [0.29, 0.717) is 5.56 Å². The highest BCUT2D eigenvalue weighted by atomic mass is 16.6. The summed E-state index contributed by atoms with van der Waals surface area (Å²) in [6.07, 6.45) is 2.83. The maximum Gasteiger partial charge on any atom is 0.331 e. The fourth-order valence-electron chi connectivity index (χ4n) is 2.19. The van der Waals surface area contributed by atoms with Crippen LogP contribution in [0.1, 0.15) is 27.0 Å². The molecule has 25 heavy (non-hydrogen) atoms. The topological polar surface area (TPSA) is 86.5 Å². The predicted molar refractivity (Wildman–Crippen MR) is 93.3 cm³/mol. The monoisotopic (exact) mass is 339 g/mol. The second-order valence-electron chi connectivity index (χ2n) is 5.54. The lowest BCUT2D eigenvalue weighted by molar-refractivity contribution is -0.385. The van der Waals surface area contributed by atoms with Gasteiger partial charge >= 0.3 is 5.97 Å². The Bertz CT molecular complexity index is 855. The van der Waals surface area contributed by atoms with E-state index in [1.54, 1.807) is 13.0 Å². The van der Waals surface area contributed by atoms with E-state index < -0.39 is 23.3 Å². The van der Waals surface area contributed by atoms with Crippen LogP contribution in [0.3, 0.4) is 0 Å². The van der Waals surface area contributed by atoms with E-state index in [0.717, 1.165) is 11.1 Å². The molecule has 6 heteroatoms. The van der Waals surface area contributed by atoms with Crippen molar-refractivity contribution in [1.82, 2.24) is 0 Å². The zero-order valence-corrected chi connectivity index (χ0v) is 13.9. The normalized spacial score (nSPS) is 10.6. The highest BCUT2D eigenvalue weighted by Crippen LogP contribution is 2.19. The van der Waals surface area contributed by atoms with Gasteiger partial charge < -0.3 is 4.74 Å². The van der Waals surface area contributed by atoms with Gasteiger partial charge in [0, 0.05) is 23.3 Å². The standard InChI is InChI=1S/C19H17NO5/c1-13-4-3-5-15(10-13)7-9-19(22)25-12-18(21)16-8-6-14(2)17(11-16)20(23)24/h3-11H,12H2,1-2H3/b9-7+. The van der Waals surface area contributed by atoms with E-state index in [-0.39, 0.29) is 11.3 Å². The van der Waals surface area contributed by atoms with Gasteiger partial charge in [-0.15, -0.1) is 0 Å². The van der Waals surface area contributed by atoms with E-state index in [2.05, 4.69) is 0 Å². The number of hydrogen-bond acceptors (Lipinski definition) is 5. The Morgan fingerprint density at radius 2 is 1.92 bits per heavy atom. The summed E-state index contributed by atoms with van der Waals surface area (Å²) in [5.41, 5.74) is 2.35. The molecule has 0 heterocycles. The van der Waals surface area contributed by atoms with E-state index in [1.165, 1.54) is 24.3 Å². The number of nitrogens with zero attached hydrogens (tertiary/aromatic N) is 1. The molecule has 128 valence electrons. The average Bonchev–Trinajstić information content (AvgIpc) is 2.58. The number of carbonyl (C=O) groups is 2. The van der Waals surface area contributed by atoms with Gasteiger partial charge in [-0.05, 0) is 25.5 Å². The number of esters is 1. The van der Waals surface area contributed by atoms with E-state index >= 15 is 0 Å². The Morgan fingerprint density at radius 1 is 1.16 bits per heavy atom. The van der Waals surface area contributed by atoms with Crippen LogP contribution < -0.4 is 0 Å². The largest absolute Gasteiger partial charge is 0.454 e. The molecule has 0 aliphatic heterocycles. The van der Waals surface area contributed by atoms with Crippen LogP contribution >= 0.6 is 0 Å². The second kappa shape index (κ2) is 8.01. The lowest BCUT2D eigenvalue weighted by Crippen LogP contribution is -2.13. The molecule has 0 spiro atoms. The molecule has 0 saturated carbocycles. The number of carbonyl (C=O) groups excluding carboxylic acids is 2. The van der Waals surface area contributed by atoms with Crippen molar-refractivity contribution in [3.63, 3.8) is 0 Å². The van der Waals surface area contributed by atoms with Crippen molar-refractivity contribution in [1.29, 1.82) is 0 Å². The first-order valence-corrected chi connectivity index (χ1v) is 7.56. The molecule has 2 aromatic rings. The van der Waals surface area contributed by atoms with Gasteiger partial charge in [0.05, 0.1) is 4.92 Å². The SMILES string of the molecule is Cc1cccc(/C=C/C(=O)OCC(=O)c2ccc(C)c([N+](=O)[O-])c2)c1. The minimum absolute atomic E-state index is 0.132. The van der Waals surface area contributed by atoms with Crippen LogP contribution in [-0.2, 0) is 9.53 Å². The molecule has 0 bridgehead atoms. The summed E-state index contributed by atoms with van der Waals surface area (Å²) in [5.74, 6) is -1.16. The minimum atomic E-state index is -0.656. The summed E-state index contributed by atoms with van der Waals surface area (Å²) in [5, 5.41) is 10.9. The van der Waals surface area contributed by atoms with Crippen molar-refractivity contribution in [3.8, 4) is 0 Å². The molecule has 2 rings (SSSR count). The highest BCUT2D eigenvalue weighted by molar-refractivity contribution is 5.99. The first-order chi connectivity index (χ1) is 11.9. The van der Waals surface area contributed by atoms with Crippen molar-refractivity contribution in [2.24, 2.45) is 0 Å². The molecular weight excluding hydrogens is 322 g/mol. The van der Waals surface area contributed by atoms with Crippen LogP contribution in [0.4, 0.5) is 5.69 Å². The third-order valence-electron chi connectivity index (χ3n) is 3.53. The lowest BCUT2D eigenvalue weighted by atomic mass is 10.1. The molecule has 0 aromatic heterocycles. The Morgan fingerprint density at radius 3 is 2.60 bits per heavy atom. The van der Waals surface area contributed by atoms with Crippen molar-refractivity contribution in [2.45, 2.75) is 13.8 Å². The van der Waals surface area contributed by atoms with Gasteiger partial charge in [-0.3, -0.25) is 14.9 Å². The molecule has 0 atom stereocenters. The number of ketones is 1. The summed E-state index contributed by atoms with van der Waals surface area (Å²) in [6.45, 7) is 3.05. The van der Waals surface area contributed by atoms with Gasteiger partial charge in [0.1, 0.15) is 0 Å². The molecule has 0 saturated heterocycles. The highest BCUT2D eigenvalue weighted by Gasteiger charge is 2.15. The molecule has 6 nitrogen and oxygen atoms in total. The summed E-state index contributed by atoms with van der Waals surface area (Å²) in [4.78, 5) is 34.1. The number of nitro groups is 1. The van der Waals surface area contributed by atoms with E-state index in [1.807, 2.05) is 31.2 Å². The van der Waals surface area contributed by atoms with Crippen molar-refractivity contribution < 1.29 is 19.2 Å². The molecule has 0 radical (unpaired) electrons. The van der Waals surface area contributed by atoms with Crippen molar-refractivity contribution in [2.75, 3.05) is 6.61 Å². The summed E-state index contributed by atoms with van der Waals surface area (Å²) in [6, 6.07) is 11.7. The third-order valence-corrected chi connectivity index (χ3v) is 3.53. The Labute approximate surface area is 144 Å². The van der Waals surface area contributed by atoms with Crippen LogP contribution in [0, 0.1) is 24.0 Å². The van der Waals surface area contributed by atoms with Crippen molar-refractivity contribution >= 4 is 23.5 Å². The fraction of sp³-hybridized carbons (Fsp3) is 0.158. The molecule has 0 amide bonds. The van der Waals surface area contributed by atoms with E-state index in [4.69, 9.17) is 4.74 Å². The number of Topliss-reactive ketones (excluding diaryl/α,β-unsaturated/α-hetero) is 1. The molecule has 0 aliphatic carbocycles. The summed E-state index contributed by atoms with van der Waals surface area (Å²) in [7, 11) is 0. The molecule has 0 fully saturated rings. The fourth-order valence-corrected chi connectivity index (χ4v) is 2.19. The van der Waals surface area contributed by atoms with Gasteiger partial charge in [-0.1, -0.05) is 42.0 Å².